The maximum atomic E-state index is 9.88. The lowest BCUT2D eigenvalue weighted by Crippen LogP contribution is -2.52. The van der Waals surface area contributed by atoms with Crippen LogP contribution in [0.25, 0.3) is 12.2 Å². The molecule has 0 amide bonds. The molecule has 0 aliphatic rings. The van der Waals surface area contributed by atoms with Gasteiger partial charge >= 0.3 is 0 Å². The predicted molar refractivity (Wildman–Crippen MR) is 168 cm³/mol. The van der Waals surface area contributed by atoms with E-state index in [1.54, 1.807) is 12.1 Å². The molecule has 2 aromatic rings. The monoisotopic (exact) mass is 556 g/mol. The average molecular weight is 557 g/mol. The zero-order valence-electron chi connectivity index (χ0n) is 25.8. The summed E-state index contributed by atoms with van der Waals surface area (Å²) in [6.45, 7) is 27.7. The van der Waals surface area contributed by atoms with E-state index in [0.29, 0.717) is 33.2 Å². The number of benzene rings is 2. The van der Waals surface area contributed by atoms with Gasteiger partial charge in [-0.1, -0.05) is 101 Å². The maximum Gasteiger partial charge on any atom is 0.258 e. The molecule has 0 aliphatic heterocycles. The molecule has 0 spiro atoms. The van der Waals surface area contributed by atoms with E-state index < -0.39 is 16.6 Å². The molecule has 0 radical (unpaired) electrons. The predicted octanol–water partition coefficient (Wildman–Crippen LogP) is 10.4. The summed E-state index contributed by atoms with van der Waals surface area (Å²) in [6.07, 6.45) is 3.89. The summed E-state index contributed by atoms with van der Waals surface area (Å²) in [5.41, 5.74) is 4.39. The highest BCUT2D eigenvalue weighted by Gasteiger charge is 2.49. The van der Waals surface area contributed by atoms with E-state index in [2.05, 4.69) is 101 Å². The molecule has 0 heterocycles. The SMILES string of the molecule is CC(C)[Si](Oc1ccc(/C=C/c2cc(O)cc(O)c2)cc1O[Si](C(C)C)(C(C)C)C(C)C)(C(C)C)C(C)C. The standard InChI is InChI=1S/C32H52O4Si2/c1-21(2)37(22(3)4,23(5)6)35-31-16-15-27(13-14-28-17-29(33)20-30(34)18-28)19-32(31)36-38(24(7)8,25(9)10)26(11)12/h13-26,33-34H,1-12H3/b14-13+. The maximum absolute atomic E-state index is 9.88. The van der Waals surface area contributed by atoms with Gasteiger partial charge in [-0.3, -0.25) is 0 Å². The average Bonchev–Trinajstić information content (AvgIpc) is 2.78. The quantitative estimate of drug-likeness (QED) is 0.202. The van der Waals surface area contributed by atoms with Crippen molar-refractivity contribution in [3.8, 4) is 23.0 Å². The van der Waals surface area contributed by atoms with Crippen LogP contribution in [-0.4, -0.2) is 26.8 Å². The van der Waals surface area contributed by atoms with Crippen LogP contribution in [0.2, 0.25) is 33.2 Å². The third-order valence-corrected chi connectivity index (χ3v) is 20.3. The van der Waals surface area contributed by atoms with E-state index in [-0.39, 0.29) is 11.5 Å². The van der Waals surface area contributed by atoms with Crippen LogP contribution in [0.1, 0.15) is 94.2 Å². The summed E-state index contributed by atoms with van der Waals surface area (Å²) in [5, 5.41) is 19.8. The molecule has 0 atom stereocenters. The highest BCUT2D eigenvalue weighted by Crippen LogP contribution is 2.48. The van der Waals surface area contributed by atoms with Crippen molar-refractivity contribution in [3.63, 3.8) is 0 Å². The van der Waals surface area contributed by atoms with Crippen LogP contribution in [0.3, 0.4) is 0 Å². The minimum Gasteiger partial charge on any atom is -0.540 e. The fourth-order valence-corrected chi connectivity index (χ4v) is 17.3. The molecule has 0 saturated heterocycles. The number of hydrogen-bond acceptors (Lipinski definition) is 4. The van der Waals surface area contributed by atoms with Gasteiger partial charge in [0.15, 0.2) is 0 Å². The van der Waals surface area contributed by atoms with E-state index in [4.69, 9.17) is 8.85 Å². The van der Waals surface area contributed by atoms with Crippen LogP contribution in [-0.2, 0) is 0 Å². The summed E-state index contributed by atoms with van der Waals surface area (Å²) in [5.74, 6) is 1.78. The van der Waals surface area contributed by atoms with E-state index in [0.717, 1.165) is 22.6 Å². The van der Waals surface area contributed by atoms with Gasteiger partial charge in [-0.25, -0.2) is 0 Å². The normalized spacial score (nSPS) is 13.2. The second-order valence-electron chi connectivity index (χ2n) is 12.7. The van der Waals surface area contributed by atoms with E-state index in [9.17, 15) is 10.2 Å². The van der Waals surface area contributed by atoms with Crippen molar-refractivity contribution < 1.29 is 19.1 Å². The van der Waals surface area contributed by atoms with Gasteiger partial charge in [0.2, 0.25) is 0 Å². The Morgan fingerprint density at radius 2 is 0.868 bits per heavy atom. The zero-order valence-corrected chi connectivity index (χ0v) is 27.8. The second kappa shape index (κ2) is 12.8. The molecular formula is C32H52O4Si2. The third-order valence-electron chi connectivity index (χ3n) is 8.35. The molecule has 212 valence electrons. The Bertz CT molecular complexity index is 1020. The fourth-order valence-electron chi connectivity index (χ4n) is 6.79. The second-order valence-corrected chi connectivity index (χ2v) is 23.4. The number of phenolic OH excluding ortho intramolecular Hbond substituents is 2. The molecule has 6 heteroatoms. The fraction of sp³-hybridized carbons (Fsp3) is 0.562. The minimum absolute atomic E-state index is 0.0383. The van der Waals surface area contributed by atoms with Crippen LogP contribution < -0.4 is 8.85 Å². The summed E-state index contributed by atoms with van der Waals surface area (Å²) in [4.78, 5) is 0. The van der Waals surface area contributed by atoms with Gasteiger partial charge in [0, 0.05) is 6.07 Å². The first kappa shape index (κ1) is 32.0. The summed E-state index contributed by atoms with van der Waals surface area (Å²) >= 11 is 0. The summed E-state index contributed by atoms with van der Waals surface area (Å²) in [7, 11) is -4.43. The molecular weight excluding hydrogens is 505 g/mol. The van der Waals surface area contributed by atoms with Crippen molar-refractivity contribution >= 4 is 28.8 Å². The van der Waals surface area contributed by atoms with Crippen LogP contribution >= 0.6 is 0 Å². The van der Waals surface area contributed by atoms with Crippen molar-refractivity contribution in [1.82, 2.24) is 0 Å². The smallest absolute Gasteiger partial charge is 0.258 e. The van der Waals surface area contributed by atoms with Gasteiger partial charge in [-0.2, -0.15) is 0 Å². The van der Waals surface area contributed by atoms with Crippen LogP contribution in [0.5, 0.6) is 23.0 Å². The Hall–Kier alpha value is -2.19. The van der Waals surface area contributed by atoms with Gasteiger partial charge < -0.3 is 19.1 Å². The molecule has 4 nitrogen and oxygen atoms in total. The lowest BCUT2D eigenvalue weighted by molar-refractivity contribution is 0.427. The molecule has 0 fully saturated rings. The molecule has 0 aromatic heterocycles. The van der Waals surface area contributed by atoms with Crippen molar-refractivity contribution in [2.45, 2.75) is 116 Å². The van der Waals surface area contributed by atoms with Crippen LogP contribution in [0.15, 0.2) is 36.4 Å². The highest BCUT2D eigenvalue weighted by atomic mass is 28.4. The molecule has 0 saturated carbocycles. The van der Waals surface area contributed by atoms with Crippen LogP contribution in [0.4, 0.5) is 0 Å². The Balaban J connectivity index is 2.70. The van der Waals surface area contributed by atoms with Crippen LogP contribution in [0, 0.1) is 0 Å². The van der Waals surface area contributed by atoms with Gasteiger partial charge in [-0.15, -0.1) is 0 Å². The molecule has 0 unspecified atom stereocenters. The van der Waals surface area contributed by atoms with Crippen molar-refractivity contribution in [1.29, 1.82) is 0 Å². The lowest BCUT2D eigenvalue weighted by Gasteiger charge is -2.45. The molecule has 0 bridgehead atoms. The molecule has 38 heavy (non-hydrogen) atoms. The Labute approximate surface area is 234 Å². The lowest BCUT2D eigenvalue weighted by atomic mass is 10.1. The first-order valence-electron chi connectivity index (χ1n) is 14.3. The van der Waals surface area contributed by atoms with E-state index in [1.807, 2.05) is 12.2 Å². The van der Waals surface area contributed by atoms with Gasteiger partial charge in [0.25, 0.3) is 16.6 Å². The number of aromatic hydroxyl groups is 2. The minimum atomic E-state index is -2.24. The number of phenols is 2. The van der Waals surface area contributed by atoms with Gasteiger partial charge in [0.1, 0.15) is 23.0 Å². The molecule has 2 aromatic carbocycles. The van der Waals surface area contributed by atoms with E-state index in [1.165, 1.54) is 6.07 Å². The van der Waals surface area contributed by atoms with Crippen molar-refractivity contribution in [3.05, 3.63) is 47.5 Å². The Kier molecular flexibility index (Phi) is 10.8. The topological polar surface area (TPSA) is 58.9 Å². The third kappa shape index (κ3) is 6.68. The van der Waals surface area contributed by atoms with Gasteiger partial charge in [0.05, 0.1) is 0 Å². The Morgan fingerprint density at radius 3 is 1.26 bits per heavy atom. The molecule has 0 aliphatic carbocycles. The first-order chi connectivity index (χ1) is 17.6. The Morgan fingerprint density at radius 1 is 0.500 bits per heavy atom. The summed E-state index contributed by atoms with van der Waals surface area (Å²) < 4.78 is 14.5. The largest absolute Gasteiger partial charge is 0.540 e. The summed E-state index contributed by atoms with van der Waals surface area (Å²) in [6, 6.07) is 10.9. The first-order valence-corrected chi connectivity index (χ1v) is 18.6. The van der Waals surface area contributed by atoms with Crippen molar-refractivity contribution in [2.75, 3.05) is 0 Å². The highest BCUT2D eigenvalue weighted by molar-refractivity contribution is 6.79. The molecule has 2 N–H and O–H groups in total. The van der Waals surface area contributed by atoms with E-state index >= 15 is 0 Å². The number of rotatable bonds is 12. The zero-order chi connectivity index (χ0) is 29.0. The van der Waals surface area contributed by atoms with Crippen molar-refractivity contribution in [2.24, 2.45) is 0 Å². The van der Waals surface area contributed by atoms with Gasteiger partial charge in [-0.05, 0) is 68.6 Å². The number of hydrogen-bond donors (Lipinski definition) is 2. The molecule has 2 rings (SSSR count).